The minimum Gasteiger partial charge on any atom is -0.341 e. The van der Waals surface area contributed by atoms with Crippen molar-refractivity contribution >= 4 is 18.0 Å². The molecule has 1 fully saturated rings. The summed E-state index contributed by atoms with van der Waals surface area (Å²) in [6.07, 6.45) is 8.88. The van der Waals surface area contributed by atoms with E-state index >= 15 is 0 Å². The second-order valence-corrected chi connectivity index (χ2v) is 7.51. The third-order valence-electron chi connectivity index (χ3n) is 5.06. The molecule has 2 aliphatic heterocycles. The van der Waals surface area contributed by atoms with Gasteiger partial charge in [0, 0.05) is 24.5 Å². The van der Waals surface area contributed by atoms with Gasteiger partial charge in [0.05, 0.1) is 0 Å². The van der Waals surface area contributed by atoms with Crippen molar-refractivity contribution in [2.24, 2.45) is 22.6 Å². The summed E-state index contributed by atoms with van der Waals surface area (Å²) >= 11 is 1.98. The van der Waals surface area contributed by atoms with Gasteiger partial charge in [-0.25, -0.2) is 0 Å². The van der Waals surface area contributed by atoms with Crippen LogP contribution in [0.15, 0.2) is 16.3 Å². The highest BCUT2D eigenvalue weighted by atomic mass is 32.2. The van der Waals surface area contributed by atoms with Crippen molar-refractivity contribution in [1.29, 1.82) is 0 Å². The standard InChI is InChI=1S/C16H28N4S/c1-3-4-20-15-7-12-5-11(10-21-2)8-18-14(12)6-13(15)9-19-16(20)17/h9,11-12,14,16,18H,3-8,10,17H2,1-2H3/t11-,12+,14+,16?/m1/s1. The normalized spacial score (nSPS) is 35.7. The number of nitrogens with two attached hydrogens (primary N) is 1. The van der Waals surface area contributed by atoms with Gasteiger partial charge in [0.15, 0.2) is 6.29 Å². The maximum absolute atomic E-state index is 6.19. The lowest BCUT2D eigenvalue weighted by Crippen LogP contribution is -2.52. The maximum Gasteiger partial charge on any atom is 0.173 e. The first kappa shape index (κ1) is 15.4. The Morgan fingerprint density at radius 3 is 3.10 bits per heavy atom. The van der Waals surface area contributed by atoms with Gasteiger partial charge in [-0.3, -0.25) is 10.7 Å². The highest BCUT2D eigenvalue weighted by Crippen LogP contribution is 2.39. The number of nitrogens with one attached hydrogen (secondary N) is 1. The van der Waals surface area contributed by atoms with Gasteiger partial charge in [-0.2, -0.15) is 11.8 Å². The van der Waals surface area contributed by atoms with Crippen LogP contribution in [0, 0.1) is 11.8 Å². The first-order valence-electron chi connectivity index (χ1n) is 8.22. The topological polar surface area (TPSA) is 53.6 Å². The molecule has 3 aliphatic rings. The van der Waals surface area contributed by atoms with Crippen LogP contribution in [0.2, 0.25) is 0 Å². The highest BCUT2D eigenvalue weighted by Gasteiger charge is 2.37. The van der Waals surface area contributed by atoms with Crippen LogP contribution in [-0.4, -0.2) is 48.5 Å². The fourth-order valence-electron chi connectivity index (χ4n) is 4.07. The zero-order chi connectivity index (χ0) is 14.8. The largest absolute Gasteiger partial charge is 0.341 e. The average Bonchev–Trinajstić information content (AvgIpc) is 2.49. The third kappa shape index (κ3) is 3.15. The Hall–Kier alpha value is -0.520. The van der Waals surface area contributed by atoms with E-state index in [0.717, 1.165) is 31.2 Å². The van der Waals surface area contributed by atoms with Crippen LogP contribution in [-0.2, 0) is 0 Å². The molecule has 21 heavy (non-hydrogen) atoms. The molecule has 0 aromatic heterocycles. The van der Waals surface area contributed by atoms with E-state index in [1.807, 2.05) is 18.0 Å². The molecule has 0 bridgehead atoms. The fourth-order valence-corrected chi connectivity index (χ4v) is 4.79. The molecule has 0 radical (unpaired) electrons. The highest BCUT2D eigenvalue weighted by molar-refractivity contribution is 7.98. The average molecular weight is 308 g/mol. The molecule has 4 atom stereocenters. The van der Waals surface area contributed by atoms with Crippen molar-refractivity contribution < 1.29 is 0 Å². The first-order valence-corrected chi connectivity index (χ1v) is 9.62. The first-order chi connectivity index (χ1) is 10.2. The van der Waals surface area contributed by atoms with Gasteiger partial charge in [-0.05, 0) is 61.6 Å². The summed E-state index contributed by atoms with van der Waals surface area (Å²) in [7, 11) is 0. The number of thioether (sulfide) groups is 1. The summed E-state index contributed by atoms with van der Waals surface area (Å²) < 4.78 is 0. The van der Waals surface area contributed by atoms with Gasteiger partial charge >= 0.3 is 0 Å². The van der Waals surface area contributed by atoms with Crippen molar-refractivity contribution in [2.45, 2.75) is 44.9 Å². The Morgan fingerprint density at radius 2 is 2.33 bits per heavy atom. The third-order valence-corrected chi connectivity index (χ3v) is 5.86. The van der Waals surface area contributed by atoms with Crippen molar-refractivity contribution in [2.75, 3.05) is 25.1 Å². The van der Waals surface area contributed by atoms with Crippen molar-refractivity contribution in [3.63, 3.8) is 0 Å². The number of allylic oxidation sites excluding steroid dienone is 1. The molecule has 3 rings (SSSR count). The molecular weight excluding hydrogens is 280 g/mol. The molecule has 1 unspecified atom stereocenters. The van der Waals surface area contributed by atoms with Gasteiger partial charge in [-0.1, -0.05) is 6.92 Å². The number of fused-ring (bicyclic) bond motifs is 1. The predicted molar refractivity (Wildman–Crippen MR) is 91.5 cm³/mol. The molecule has 0 saturated carbocycles. The molecule has 0 aromatic carbocycles. The number of aliphatic imine (C=N–C) groups is 1. The minimum atomic E-state index is -0.168. The molecule has 4 nitrogen and oxygen atoms in total. The molecule has 5 heteroatoms. The minimum absolute atomic E-state index is 0.168. The Morgan fingerprint density at radius 1 is 1.48 bits per heavy atom. The molecule has 118 valence electrons. The summed E-state index contributed by atoms with van der Waals surface area (Å²) in [5.74, 6) is 2.88. The summed E-state index contributed by atoms with van der Waals surface area (Å²) in [6, 6.07) is 0.645. The Balaban J connectivity index is 1.75. The summed E-state index contributed by atoms with van der Waals surface area (Å²) in [5.41, 5.74) is 9.09. The van der Waals surface area contributed by atoms with Gasteiger partial charge in [0.1, 0.15) is 0 Å². The molecule has 1 aliphatic carbocycles. The second kappa shape index (κ2) is 6.71. The molecule has 3 N–H and O–H groups in total. The molecule has 0 aromatic rings. The Labute approximate surface area is 132 Å². The van der Waals surface area contributed by atoms with Crippen LogP contribution in [0.3, 0.4) is 0 Å². The van der Waals surface area contributed by atoms with E-state index < -0.39 is 0 Å². The van der Waals surface area contributed by atoms with E-state index in [4.69, 9.17) is 5.73 Å². The lowest BCUT2D eigenvalue weighted by Gasteiger charge is -2.45. The molecule has 1 saturated heterocycles. The lowest BCUT2D eigenvalue weighted by molar-refractivity contribution is 0.174. The van der Waals surface area contributed by atoms with E-state index in [0.29, 0.717) is 6.04 Å². The van der Waals surface area contributed by atoms with Gasteiger partial charge < -0.3 is 10.2 Å². The number of hydrogen-bond donors (Lipinski definition) is 2. The van der Waals surface area contributed by atoms with Crippen LogP contribution < -0.4 is 11.1 Å². The van der Waals surface area contributed by atoms with Crippen molar-refractivity contribution in [1.82, 2.24) is 10.2 Å². The fraction of sp³-hybridized carbons (Fsp3) is 0.812. The summed E-state index contributed by atoms with van der Waals surface area (Å²) in [4.78, 5) is 6.82. The number of rotatable bonds is 4. The smallest absolute Gasteiger partial charge is 0.173 e. The number of hydrogen-bond acceptors (Lipinski definition) is 5. The van der Waals surface area contributed by atoms with Crippen LogP contribution in [0.5, 0.6) is 0 Å². The van der Waals surface area contributed by atoms with Crippen molar-refractivity contribution in [3.8, 4) is 0 Å². The molecular formula is C16H28N4S. The van der Waals surface area contributed by atoms with Gasteiger partial charge in [-0.15, -0.1) is 0 Å². The van der Waals surface area contributed by atoms with E-state index in [9.17, 15) is 0 Å². The molecule has 2 heterocycles. The number of piperidine rings is 1. The van der Waals surface area contributed by atoms with E-state index in [-0.39, 0.29) is 6.29 Å². The zero-order valence-electron chi connectivity index (χ0n) is 13.2. The van der Waals surface area contributed by atoms with Crippen LogP contribution >= 0.6 is 11.8 Å². The Kier molecular flexibility index (Phi) is 4.92. The van der Waals surface area contributed by atoms with Gasteiger partial charge in [0.25, 0.3) is 0 Å². The van der Waals surface area contributed by atoms with Crippen LogP contribution in [0.25, 0.3) is 0 Å². The SMILES string of the molecule is CCCN1C2=C(C=NC1N)C[C@@H]1NC[C@H](CSC)C[C@H]1C2. The summed E-state index contributed by atoms with van der Waals surface area (Å²) in [5, 5.41) is 3.79. The summed E-state index contributed by atoms with van der Waals surface area (Å²) in [6.45, 7) is 4.42. The predicted octanol–water partition coefficient (Wildman–Crippen LogP) is 2.03. The Bertz CT molecular complexity index is 434. The quantitative estimate of drug-likeness (QED) is 0.834. The lowest BCUT2D eigenvalue weighted by atomic mass is 9.75. The molecule has 0 spiro atoms. The van der Waals surface area contributed by atoms with E-state index in [2.05, 4.69) is 28.4 Å². The molecule has 0 amide bonds. The maximum atomic E-state index is 6.19. The monoisotopic (exact) mass is 308 g/mol. The van der Waals surface area contributed by atoms with Gasteiger partial charge in [0.2, 0.25) is 0 Å². The van der Waals surface area contributed by atoms with Crippen molar-refractivity contribution in [3.05, 3.63) is 11.3 Å². The second-order valence-electron chi connectivity index (χ2n) is 6.60. The number of nitrogens with zero attached hydrogens (tertiary/aromatic N) is 2. The van der Waals surface area contributed by atoms with Crippen LogP contribution in [0.1, 0.15) is 32.6 Å². The zero-order valence-corrected chi connectivity index (χ0v) is 14.0. The van der Waals surface area contributed by atoms with Crippen LogP contribution in [0.4, 0.5) is 0 Å². The van der Waals surface area contributed by atoms with E-state index in [1.165, 1.54) is 36.4 Å². The van der Waals surface area contributed by atoms with E-state index in [1.54, 1.807) is 0 Å².